The second kappa shape index (κ2) is 8.84. The molecule has 136 valence electrons. The summed E-state index contributed by atoms with van der Waals surface area (Å²) in [5.41, 5.74) is 4.11. The molecule has 0 saturated heterocycles. The van der Waals surface area contributed by atoms with Gasteiger partial charge in [0, 0.05) is 24.2 Å². The van der Waals surface area contributed by atoms with Crippen molar-refractivity contribution in [2.75, 3.05) is 14.2 Å². The van der Waals surface area contributed by atoms with Crippen LogP contribution in [0.3, 0.4) is 0 Å². The van der Waals surface area contributed by atoms with Gasteiger partial charge in [0.2, 0.25) is 0 Å². The number of nitrogens with one attached hydrogen (secondary N) is 2. The van der Waals surface area contributed by atoms with E-state index in [4.69, 9.17) is 10.00 Å². The van der Waals surface area contributed by atoms with Crippen LogP contribution in [-0.2, 0) is 6.54 Å². The molecule has 4 nitrogen and oxygen atoms in total. The Bertz CT molecular complexity index is 756. The van der Waals surface area contributed by atoms with E-state index in [1.54, 1.807) is 7.11 Å². The molecule has 26 heavy (non-hydrogen) atoms. The van der Waals surface area contributed by atoms with Gasteiger partial charge in [-0.25, -0.2) is 0 Å². The van der Waals surface area contributed by atoms with Crippen molar-refractivity contribution in [1.29, 1.82) is 5.26 Å². The minimum Gasteiger partial charge on any atom is -0.496 e. The summed E-state index contributed by atoms with van der Waals surface area (Å²) in [6, 6.07) is 17.4. The van der Waals surface area contributed by atoms with Crippen LogP contribution in [0.1, 0.15) is 36.8 Å². The van der Waals surface area contributed by atoms with Gasteiger partial charge in [0.25, 0.3) is 0 Å². The number of nitriles is 1. The Hall–Kier alpha value is -2.35. The van der Waals surface area contributed by atoms with E-state index in [9.17, 15) is 0 Å². The van der Waals surface area contributed by atoms with E-state index >= 15 is 0 Å². The Labute approximate surface area is 156 Å². The Kier molecular flexibility index (Phi) is 6.27. The molecule has 1 saturated carbocycles. The highest BCUT2D eigenvalue weighted by atomic mass is 16.5. The van der Waals surface area contributed by atoms with Crippen molar-refractivity contribution in [2.24, 2.45) is 0 Å². The molecular weight excluding hydrogens is 322 g/mol. The highest BCUT2D eigenvalue weighted by Crippen LogP contribution is 2.27. The average molecular weight is 349 g/mol. The fourth-order valence-corrected chi connectivity index (χ4v) is 3.67. The third-order valence-corrected chi connectivity index (χ3v) is 5.34. The van der Waals surface area contributed by atoms with Gasteiger partial charge < -0.3 is 15.4 Å². The Morgan fingerprint density at radius 3 is 2.27 bits per heavy atom. The zero-order valence-corrected chi connectivity index (χ0v) is 15.6. The van der Waals surface area contributed by atoms with E-state index in [-0.39, 0.29) is 0 Å². The van der Waals surface area contributed by atoms with E-state index in [0.29, 0.717) is 17.6 Å². The number of hydrogen-bond acceptors (Lipinski definition) is 4. The van der Waals surface area contributed by atoms with Crippen molar-refractivity contribution >= 4 is 0 Å². The summed E-state index contributed by atoms with van der Waals surface area (Å²) in [6.07, 6.45) is 4.89. The third-order valence-electron chi connectivity index (χ3n) is 5.34. The molecule has 0 atom stereocenters. The molecule has 0 unspecified atom stereocenters. The highest BCUT2D eigenvalue weighted by Gasteiger charge is 2.19. The van der Waals surface area contributed by atoms with Crippen LogP contribution in [0.5, 0.6) is 5.75 Å². The Morgan fingerprint density at radius 1 is 1.00 bits per heavy atom. The van der Waals surface area contributed by atoms with Crippen LogP contribution in [0.2, 0.25) is 0 Å². The van der Waals surface area contributed by atoms with Crippen LogP contribution in [0.25, 0.3) is 11.1 Å². The minimum atomic E-state index is 0.572. The molecular formula is C22H27N3O. The van der Waals surface area contributed by atoms with Crippen molar-refractivity contribution in [3.63, 3.8) is 0 Å². The summed E-state index contributed by atoms with van der Waals surface area (Å²) < 4.78 is 5.55. The monoisotopic (exact) mass is 349 g/mol. The lowest BCUT2D eigenvalue weighted by molar-refractivity contribution is 0.315. The molecule has 0 amide bonds. The molecule has 0 aliphatic heterocycles. The number of nitrogens with zero attached hydrogens (tertiary/aromatic N) is 1. The molecule has 2 aromatic carbocycles. The summed E-state index contributed by atoms with van der Waals surface area (Å²) in [7, 11) is 3.77. The van der Waals surface area contributed by atoms with Gasteiger partial charge in [-0.05, 0) is 68.1 Å². The van der Waals surface area contributed by atoms with E-state index < -0.39 is 0 Å². The van der Waals surface area contributed by atoms with Crippen LogP contribution < -0.4 is 15.4 Å². The fraction of sp³-hybridized carbons (Fsp3) is 0.409. The van der Waals surface area contributed by atoms with Gasteiger partial charge in [-0.1, -0.05) is 18.2 Å². The van der Waals surface area contributed by atoms with E-state index in [0.717, 1.165) is 23.4 Å². The zero-order chi connectivity index (χ0) is 18.4. The summed E-state index contributed by atoms with van der Waals surface area (Å²) in [4.78, 5) is 0. The summed E-state index contributed by atoms with van der Waals surface area (Å²) in [6.45, 7) is 0.808. The normalized spacial score (nSPS) is 19.7. The SMILES string of the molecule is CNC1CCC(NCc2cc(-c3ccc(C#N)cc3)ccc2OC)CC1. The number of rotatable bonds is 6. The van der Waals surface area contributed by atoms with Crippen molar-refractivity contribution in [3.8, 4) is 22.9 Å². The maximum Gasteiger partial charge on any atom is 0.123 e. The molecule has 1 aliphatic carbocycles. The first-order valence-electron chi connectivity index (χ1n) is 9.31. The smallest absolute Gasteiger partial charge is 0.123 e. The van der Waals surface area contributed by atoms with Gasteiger partial charge in [-0.3, -0.25) is 0 Å². The number of methoxy groups -OCH3 is 1. The van der Waals surface area contributed by atoms with Gasteiger partial charge in [-0.15, -0.1) is 0 Å². The van der Waals surface area contributed by atoms with Crippen LogP contribution in [-0.4, -0.2) is 26.2 Å². The lowest BCUT2D eigenvalue weighted by Crippen LogP contribution is -2.38. The molecule has 2 aromatic rings. The molecule has 0 aromatic heterocycles. The highest BCUT2D eigenvalue weighted by molar-refractivity contribution is 5.66. The largest absolute Gasteiger partial charge is 0.496 e. The van der Waals surface area contributed by atoms with Gasteiger partial charge in [0.1, 0.15) is 5.75 Å². The molecule has 1 aliphatic rings. The summed E-state index contributed by atoms with van der Waals surface area (Å²) in [5, 5.41) is 16.0. The van der Waals surface area contributed by atoms with Crippen LogP contribution >= 0.6 is 0 Å². The summed E-state index contributed by atoms with van der Waals surface area (Å²) in [5.74, 6) is 0.916. The van der Waals surface area contributed by atoms with E-state index in [1.807, 2.05) is 30.3 Å². The average Bonchev–Trinajstić information content (AvgIpc) is 2.72. The molecule has 1 fully saturated rings. The van der Waals surface area contributed by atoms with Gasteiger partial charge >= 0.3 is 0 Å². The van der Waals surface area contributed by atoms with E-state index in [2.05, 4.69) is 35.9 Å². The molecule has 0 spiro atoms. The van der Waals surface area contributed by atoms with Gasteiger partial charge in [0.15, 0.2) is 0 Å². The summed E-state index contributed by atoms with van der Waals surface area (Å²) >= 11 is 0. The maximum atomic E-state index is 8.96. The van der Waals surface area contributed by atoms with Gasteiger partial charge in [-0.2, -0.15) is 5.26 Å². The molecule has 0 bridgehead atoms. The Morgan fingerprint density at radius 2 is 1.65 bits per heavy atom. The topological polar surface area (TPSA) is 57.1 Å². The van der Waals surface area contributed by atoms with Crippen molar-refractivity contribution < 1.29 is 4.74 Å². The number of benzene rings is 2. The van der Waals surface area contributed by atoms with Crippen molar-refractivity contribution in [2.45, 2.75) is 44.3 Å². The van der Waals surface area contributed by atoms with Crippen LogP contribution in [0, 0.1) is 11.3 Å². The molecule has 0 radical (unpaired) electrons. The minimum absolute atomic E-state index is 0.572. The predicted octanol–water partition coefficient (Wildman–Crippen LogP) is 3.85. The standard InChI is InChI=1S/C22H27N3O/c1-24-20-8-10-21(11-9-20)25-15-19-13-18(7-12-22(19)26-2)17-5-3-16(14-23)4-6-17/h3-7,12-13,20-21,24-25H,8-11,15H2,1-2H3. The molecule has 4 heteroatoms. The maximum absolute atomic E-state index is 8.96. The number of hydrogen-bond donors (Lipinski definition) is 2. The first kappa shape index (κ1) is 18.4. The van der Waals surface area contributed by atoms with Crippen molar-refractivity contribution in [1.82, 2.24) is 10.6 Å². The van der Waals surface area contributed by atoms with Gasteiger partial charge in [0.05, 0.1) is 18.7 Å². The predicted molar refractivity (Wildman–Crippen MR) is 105 cm³/mol. The lowest BCUT2D eigenvalue weighted by Gasteiger charge is -2.29. The second-order valence-corrected chi connectivity index (χ2v) is 6.93. The van der Waals surface area contributed by atoms with Crippen LogP contribution in [0.4, 0.5) is 0 Å². The molecule has 3 rings (SSSR count). The van der Waals surface area contributed by atoms with Crippen LogP contribution in [0.15, 0.2) is 42.5 Å². The zero-order valence-electron chi connectivity index (χ0n) is 15.6. The number of ether oxygens (including phenoxy) is 1. The fourth-order valence-electron chi connectivity index (χ4n) is 3.67. The molecule has 2 N–H and O–H groups in total. The first-order valence-corrected chi connectivity index (χ1v) is 9.31. The quantitative estimate of drug-likeness (QED) is 0.832. The molecule has 0 heterocycles. The lowest BCUT2D eigenvalue weighted by atomic mass is 9.91. The second-order valence-electron chi connectivity index (χ2n) is 6.93. The Balaban J connectivity index is 1.70. The first-order chi connectivity index (χ1) is 12.7. The van der Waals surface area contributed by atoms with Crippen molar-refractivity contribution in [3.05, 3.63) is 53.6 Å². The third kappa shape index (κ3) is 4.43. The van der Waals surface area contributed by atoms with E-state index in [1.165, 1.54) is 31.2 Å².